The fraction of sp³-hybridized carbons (Fsp3) is 0.130. The molecular weight excluding hydrogens is 434 g/mol. The lowest BCUT2D eigenvalue weighted by Gasteiger charge is -2.09. The van der Waals surface area contributed by atoms with Crippen molar-refractivity contribution in [3.8, 4) is 5.75 Å². The summed E-state index contributed by atoms with van der Waals surface area (Å²) in [6.45, 7) is 1.90. The lowest BCUT2D eigenvalue weighted by Crippen LogP contribution is -2.16. The number of nitro benzene ring substituents is 1. The Bertz CT molecular complexity index is 1120. The van der Waals surface area contributed by atoms with E-state index in [4.69, 9.17) is 21.2 Å². The van der Waals surface area contributed by atoms with Crippen molar-refractivity contribution in [2.75, 3.05) is 11.9 Å². The highest BCUT2D eigenvalue weighted by Gasteiger charge is 2.07. The Morgan fingerprint density at radius 2 is 1.84 bits per heavy atom. The molecule has 9 heteroatoms. The van der Waals surface area contributed by atoms with E-state index in [9.17, 15) is 14.9 Å². The molecule has 0 spiro atoms. The number of rotatable bonds is 9. The van der Waals surface area contributed by atoms with Crippen LogP contribution < -0.4 is 10.1 Å². The van der Waals surface area contributed by atoms with Crippen molar-refractivity contribution in [2.45, 2.75) is 13.5 Å². The molecule has 0 unspecified atom stereocenters. The van der Waals surface area contributed by atoms with Gasteiger partial charge in [0.2, 0.25) is 0 Å². The van der Waals surface area contributed by atoms with Crippen LogP contribution in [0.25, 0.3) is 0 Å². The number of aryl methyl sites for hydroxylation is 1. The first-order chi connectivity index (χ1) is 15.4. The van der Waals surface area contributed by atoms with Crippen LogP contribution in [0.1, 0.15) is 16.7 Å². The summed E-state index contributed by atoms with van der Waals surface area (Å²) < 4.78 is 5.79. The average molecular weight is 454 g/mol. The van der Waals surface area contributed by atoms with Gasteiger partial charge in [-0.15, -0.1) is 0 Å². The molecule has 0 saturated carbocycles. The van der Waals surface area contributed by atoms with Gasteiger partial charge in [0.25, 0.3) is 11.6 Å². The molecular formula is C23H20ClN3O5. The summed E-state index contributed by atoms with van der Waals surface area (Å²) in [5, 5.41) is 17.8. The summed E-state index contributed by atoms with van der Waals surface area (Å²) in [4.78, 5) is 27.3. The van der Waals surface area contributed by atoms with E-state index in [1.165, 1.54) is 18.3 Å². The van der Waals surface area contributed by atoms with Crippen LogP contribution in [0, 0.1) is 17.0 Å². The van der Waals surface area contributed by atoms with E-state index in [0.29, 0.717) is 22.0 Å². The molecule has 0 saturated heterocycles. The zero-order valence-corrected chi connectivity index (χ0v) is 17.9. The van der Waals surface area contributed by atoms with Crippen molar-refractivity contribution >= 4 is 35.1 Å². The van der Waals surface area contributed by atoms with Gasteiger partial charge in [-0.25, -0.2) is 0 Å². The van der Waals surface area contributed by atoms with Gasteiger partial charge >= 0.3 is 0 Å². The number of nitro groups is 1. The van der Waals surface area contributed by atoms with E-state index in [2.05, 4.69) is 10.5 Å². The van der Waals surface area contributed by atoms with Crippen molar-refractivity contribution < 1.29 is 19.3 Å². The summed E-state index contributed by atoms with van der Waals surface area (Å²) in [5.41, 5.74) is 3.09. The number of oxime groups is 1. The Balaban J connectivity index is 1.55. The van der Waals surface area contributed by atoms with Crippen LogP contribution in [0.15, 0.2) is 71.9 Å². The highest BCUT2D eigenvalue weighted by Crippen LogP contribution is 2.23. The monoisotopic (exact) mass is 453 g/mol. The van der Waals surface area contributed by atoms with E-state index < -0.39 is 4.92 Å². The smallest absolute Gasteiger partial charge is 0.269 e. The predicted molar refractivity (Wildman–Crippen MR) is 122 cm³/mol. The number of ether oxygens (including phenoxy) is 1. The molecule has 0 atom stereocenters. The third kappa shape index (κ3) is 6.82. The zero-order chi connectivity index (χ0) is 22.9. The number of nitrogens with zero attached hydrogens (tertiary/aromatic N) is 2. The molecule has 3 aromatic rings. The quantitative estimate of drug-likeness (QED) is 0.275. The number of benzene rings is 3. The SMILES string of the molecule is Cc1ccc(NC(=O)CO/N=C/c2cc(Cl)ccc2OCc2ccc([N+](=O)[O-])cc2)cc1. The third-order valence-electron chi connectivity index (χ3n) is 4.31. The maximum atomic E-state index is 12.0. The Morgan fingerprint density at radius 1 is 1.12 bits per heavy atom. The second-order valence-corrected chi connectivity index (χ2v) is 7.25. The van der Waals surface area contributed by atoms with Gasteiger partial charge < -0.3 is 14.9 Å². The minimum absolute atomic E-state index is 0.0108. The molecule has 0 radical (unpaired) electrons. The third-order valence-corrected chi connectivity index (χ3v) is 4.55. The van der Waals surface area contributed by atoms with Gasteiger partial charge in [-0.1, -0.05) is 34.5 Å². The van der Waals surface area contributed by atoms with Crippen LogP contribution in [0.4, 0.5) is 11.4 Å². The zero-order valence-electron chi connectivity index (χ0n) is 17.2. The number of anilines is 1. The lowest BCUT2D eigenvalue weighted by atomic mass is 10.2. The van der Waals surface area contributed by atoms with E-state index in [1.54, 1.807) is 42.5 Å². The topological polar surface area (TPSA) is 103 Å². The second-order valence-electron chi connectivity index (χ2n) is 6.82. The number of nitrogens with one attached hydrogen (secondary N) is 1. The first kappa shape index (κ1) is 22.8. The largest absolute Gasteiger partial charge is 0.488 e. The minimum Gasteiger partial charge on any atom is -0.488 e. The second kappa shape index (κ2) is 10.9. The van der Waals surface area contributed by atoms with E-state index in [1.807, 2.05) is 19.1 Å². The molecule has 1 N–H and O–H groups in total. The summed E-state index contributed by atoms with van der Waals surface area (Å²) in [6.07, 6.45) is 1.40. The molecule has 0 fully saturated rings. The first-order valence-electron chi connectivity index (χ1n) is 9.58. The maximum absolute atomic E-state index is 12.0. The van der Waals surface area contributed by atoms with Crippen LogP contribution in [0.3, 0.4) is 0 Å². The van der Waals surface area contributed by atoms with Gasteiger partial charge in [-0.05, 0) is 55.0 Å². The van der Waals surface area contributed by atoms with Crippen LogP contribution in [0.5, 0.6) is 5.75 Å². The van der Waals surface area contributed by atoms with Gasteiger partial charge in [0.05, 0.1) is 11.1 Å². The Hall–Kier alpha value is -3.91. The normalized spacial score (nSPS) is 10.7. The van der Waals surface area contributed by atoms with E-state index in [0.717, 1.165) is 11.1 Å². The summed E-state index contributed by atoms with van der Waals surface area (Å²) >= 11 is 6.06. The number of carbonyl (C=O) groups excluding carboxylic acids is 1. The average Bonchev–Trinajstić information content (AvgIpc) is 2.78. The number of hydrogen-bond donors (Lipinski definition) is 1. The van der Waals surface area contributed by atoms with Gasteiger partial charge in [0.15, 0.2) is 6.61 Å². The van der Waals surface area contributed by atoms with E-state index >= 15 is 0 Å². The Kier molecular flexibility index (Phi) is 7.77. The van der Waals surface area contributed by atoms with Crippen molar-refractivity contribution in [3.05, 3.63) is 98.6 Å². The van der Waals surface area contributed by atoms with Crippen molar-refractivity contribution in [1.82, 2.24) is 0 Å². The van der Waals surface area contributed by atoms with Crippen LogP contribution in [0.2, 0.25) is 5.02 Å². The molecule has 164 valence electrons. The highest BCUT2D eigenvalue weighted by atomic mass is 35.5. The van der Waals surface area contributed by atoms with Crippen LogP contribution in [-0.4, -0.2) is 23.7 Å². The lowest BCUT2D eigenvalue weighted by molar-refractivity contribution is -0.384. The molecule has 3 rings (SSSR count). The summed E-state index contributed by atoms with van der Waals surface area (Å²) in [5.74, 6) is 0.149. The molecule has 1 amide bonds. The van der Waals surface area contributed by atoms with Gasteiger partial charge in [0.1, 0.15) is 12.4 Å². The summed E-state index contributed by atoms with van der Waals surface area (Å²) in [7, 11) is 0. The molecule has 0 bridgehead atoms. The van der Waals surface area contributed by atoms with Gasteiger partial charge in [-0.3, -0.25) is 14.9 Å². The predicted octanol–water partition coefficient (Wildman–Crippen LogP) is 5.12. The number of amides is 1. The fourth-order valence-electron chi connectivity index (χ4n) is 2.65. The van der Waals surface area contributed by atoms with Crippen molar-refractivity contribution in [3.63, 3.8) is 0 Å². The van der Waals surface area contributed by atoms with E-state index in [-0.39, 0.29) is 24.8 Å². The van der Waals surface area contributed by atoms with Crippen LogP contribution in [-0.2, 0) is 16.2 Å². The first-order valence-corrected chi connectivity index (χ1v) is 9.96. The summed E-state index contributed by atoms with van der Waals surface area (Å²) in [6, 6.07) is 18.5. The van der Waals surface area contributed by atoms with Gasteiger partial charge in [0, 0.05) is 28.4 Å². The number of hydrogen-bond acceptors (Lipinski definition) is 6. The maximum Gasteiger partial charge on any atom is 0.269 e. The van der Waals surface area contributed by atoms with Crippen LogP contribution >= 0.6 is 11.6 Å². The molecule has 0 heterocycles. The Morgan fingerprint density at radius 3 is 2.53 bits per heavy atom. The minimum atomic E-state index is -0.459. The Labute approximate surface area is 189 Å². The molecule has 8 nitrogen and oxygen atoms in total. The highest BCUT2D eigenvalue weighted by molar-refractivity contribution is 6.30. The molecule has 32 heavy (non-hydrogen) atoms. The number of non-ortho nitro benzene ring substituents is 1. The number of halogens is 1. The molecule has 0 aromatic heterocycles. The molecule has 3 aromatic carbocycles. The van der Waals surface area contributed by atoms with Crippen molar-refractivity contribution in [1.29, 1.82) is 0 Å². The molecule has 0 aliphatic rings. The number of carbonyl (C=O) groups is 1. The molecule has 0 aliphatic heterocycles. The fourth-order valence-corrected chi connectivity index (χ4v) is 2.83. The standard InChI is InChI=1S/C23H20ClN3O5/c1-16-2-7-20(8-3-16)26-23(28)15-32-25-13-18-12-19(24)6-11-22(18)31-14-17-4-9-21(10-5-17)27(29)30/h2-13H,14-15H2,1H3,(H,26,28)/b25-13+. The molecule has 0 aliphatic carbocycles. The van der Waals surface area contributed by atoms with Crippen molar-refractivity contribution in [2.24, 2.45) is 5.16 Å². The van der Waals surface area contributed by atoms with Gasteiger partial charge in [-0.2, -0.15) is 0 Å².